The Labute approximate surface area is 192 Å². The second-order valence-corrected chi connectivity index (χ2v) is 8.53. The van der Waals surface area contributed by atoms with Gasteiger partial charge in [-0.05, 0) is 48.9 Å². The zero-order valence-electron chi connectivity index (χ0n) is 18.6. The Morgan fingerprint density at radius 2 is 1.91 bits per heavy atom. The van der Waals surface area contributed by atoms with Gasteiger partial charge >= 0.3 is 0 Å². The zero-order valence-corrected chi connectivity index (χ0v) is 18.6. The molecule has 0 radical (unpaired) electrons. The standard InChI is InChI=1S/C25H27FN4O3/c1-17-2-4-19-21(27-17)6-5-20(26)25(19)32-13-12-29-8-10-30(11-9-29)15-18-3-7-23-22(14-18)28-24(31)16-33-23/h2-7,14H,8-13,15-16H2,1H3,(H,28,31). The van der Waals surface area contributed by atoms with Gasteiger partial charge in [-0.15, -0.1) is 0 Å². The van der Waals surface area contributed by atoms with E-state index in [0.29, 0.717) is 12.0 Å². The van der Waals surface area contributed by atoms with Gasteiger partial charge in [0.2, 0.25) is 0 Å². The van der Waals surface area contributed by atoms with Gasteiger partial charge in [-0.2, -0.15) is 0 Å². The van der Waals surface area contributed by atoms with E-state index in [1.54, 1.807) is 6.07 Å². The summed E-state index contributed by atoms with van der Waals surface area (Å²) in [6.45, 7) is 7.70. The van der Waals surface area contributed by atoms with Crippen LogP contribution < -0.4 is 14.8 Å². The van der Waals surface area contributed by atoms with E-state index in [-0.39, 0.29) is 24.1 Å². The van der Waals surface area contributed by atoms with E-state index in [0.717, 1.165) is 67.5 Å². The molecule has 2 aliphatic rings. The lowest BCUT2D eigenvalue weighted by Crippen LogP contribution is -2.47. The smallest absolute Gasteiger partial charge is 0.262 e. The first kappa shape index (κ1) is 21.6. The van der Waals surface area contributed by atoms with E-state index in [1.165, 1.54) is 6.07 Å². The van der Waals surface area contributed by atoms with Gasteiger partial charge in [0.05, 0.1) is 11.2 Å². The molecule has 0 saturated carbocycles. The van der Waals surface area contributed by atoms with Crippen molar-refractivity contribution in [2.45, 2.75) is 13.5 Å². The highest BCUT2D eigenvalue weighted by Gasteiger charge is 2.20. The molecular weight excluding hydrogens is 423 g/mol. The predicted octanol–water partition coefficient (Wildman–Crippen LogP) is 3.21. The molecule has 0 unspecified atom stereocenters. The van der Waals surface area contributed by atoms with E-state index in [1.807, 2.05) is 37.3 Å². The van der Waals surface area contributed by atoms with Crippen LogP contribution in [0.3, 0.4) is 0 Å². The Balaban J connectivity index is 1.12. The number of halogens is 1. The summed E-state index contributed by atoms with van der Waals surface area (Å²) in [7, 11) is 0. The lowest BCUT2D eigenvalue weighted by Gasteiger charge is -2.34. The molecule has 172 valence electrons. The van der Waals surface area contributed by atoms with Crippen molar-refractivity contribution >= 4 is 22.5 Å². The Kier molecular flexibility index (Phi) is 6.11. The lowest BCUT2D eigenvalue weighted by atomic mass is 10.1. The molecule has 1 saturated heterocycles. The molecule has 0 bridgehead atoms. The molecule has 2 aliphatic heterocycles. The summed E-state index contributed by atoms with van der Waals surface area (Å²) >= 11 is 0. The highest BCUT2D eigenvalue weighted by Crippen LogP contribution is 2.29. The average Bonchev–Trinajstić information content (AvgIpc) is 2.81. The topological polar surface area (TPSA) is 66.9 Å². The van der Waals surface area contributed by atoms with Crippen LogP contribution in [0.1, 0.15) is 11.3 Å². The van der Waals surface area contributed by atoms with Crippen molar-refractivity contribution in [3.8, 4) is 11.5 Å². The molecule has 0 aliphatic carbocycles. The Hall–Kier alpha value is -3.23. The summed E-state index contributed by atoms with van der Waals surface area (Å²) in [6.07, 6.45) is 0. The fourth-order valence-corrected chi connectivity index (χ4v) is 4.33. The van der Waals surface area contributed by atoms with Gasteiger partial charge in [-0.3, -0.25) is 19.6 Å². The summed E-state index contributed by atoms with van der Waals surface area (Å²) in [6, 6.07) is 12.8. The van der Waals surface area contributed by atoms with Gasteiger partial charge in [0.1, 0.15) is 12.4 Å². The molecule has 3 heterocycles. The van der Waals surface area contributed by atoms with Crippen LogP contribution >= 0.6 is 0 Å². The number of piperazine rings is 1. The van der Waals surface area contributed by atoms with E-state index in [9.17, 15) is 9.18 Å². The van der Waals surface area contributed by atoms with Gasteiger partial charge in [0.15, 0.2) is 18.2 Å². The molecule has 0 spiro atoms. The maximum absolute atomic E-state index is 14.4. The number of nitrogens with zero attached hydrogens (tertiary/aromatic N) is 3. The molecule has 1 N–H and O–H groups in total. The molecule has 0 atom stereocenters. The van der Waals surface area contributed by atoms with Crippen molar-refractivity contribution in [2.75, 3.05) is 51.3 Å². The number of carbonyl (C=O) groups excluding carboxylic acids is 1. The minimum absolute atomic E-state index is 0.0711. The number of ether oxygens (including phenoxy) is 2. The number of aryl methyl sites for hydroxylation is 1. The fraction of sp³-hybridized carbons (Fsp3) is 0.360. The van der Waals surface area contributed by atoms with Crippen LogP contribution in [-0.2, 0) is 11.3 Å². The van der Waals surface area contributed by atoms with Crippen LogP contribution in [0.25, 0.3) is 10.9 Å². The van der Waals surface area contributed by atoms with E-state index < -0.39 is 0 Å². The van der Waals surface area contributed by atoms with Crippen LogP contribution in [0.2, 0.25) is 0 Å². The number of pyridine rings is 1. The monoisotopic (exact) mass is 450 g/mol. The number of aromatic nitrogens is 1. The average molecular weight is 451 g/mol. The Morgan fingerprint density at radius 1 is 1.09 bits per heavy atom. The highest BCUT2D eigenvalue weighted by molar-refractivity contribution is 5.95. The molecule has 8 heteroatoms. The maximum Gasteiger partial charge on any atom is 0.262 e. The molecule has 1 aromatic heterocycles. The van der Waals surface area contributed by atoms with Gasteiger partial charge in [-0.1, -0.05) is 6.07 Å². The van der Waals surface area contributed by atoms with Crippen molar-refractivity contribution in [3.05, 3.63) is 59.5 Å². The van der Waals surface area contributed by atoms with Crippen molar-refractivity contribution in [3.63, 3.8) is 0 Å². The number of nitrogens with one attached hydrogen (secondary N) is 1. The molecule has 1 fully saturated rings. The van der Waals surface area contributed by atoms with Crippen LogP contribution in [0.5, 0.6) is 11.5 Å². The molecule has 7 nitrogen and oxygen atoms in total. The third-order valence-electron chi connectivity index (χ3n) is 6.11. The highest BCUT2D eigenvalue weighted by atomic mass is 19.1. The Morgan fingerprint density at radius 3 is 2.76 bits per heavy atom. The van der Waals surface area contributed by atoms with Crippen molar-refractivity contribution < 1.29 is 18.7 Å². The van der Waals surface area contributed by atoms with E-state index >= 15 is 0 Å². The largest absolute Gasteiger partial charge is 0.488 e. The summed E-state index contributed by atoms with van der Waals surface area (Å²) in [4.78, 5) is 20.7. The molecular formula is C25H27FN4O3. The summed E-state index contributed by atoms with van der Waals surface area (Å²) in [5.41, 5.74) is 3.52. The minimum atomic E-state index is -0.357. The summed E-state index contributed by atoms with van der Waals surface area (Å²) in [5, 5.41) is 3.57. The first-order valence-electron chi connectivity index (χ1n) is 11.2. The van der Waals surface area contributed by atoms with Crippen LogP contribution in [0, 0.1) is 12.7 Å². The van der Waals surface area contributed by atoms with Crippen LogP contribution in [0.4, 0.5) is 10.1 Å². The predicted molar refractivity (Wildman–Crippen MR) is 124 cm³/mol. The summed E-state index contributed by atoms with van der Waals surface area (Å²) in [5.74, 6) is 0.522. The third kappa shape index (κ3) is 4.91. The molecule has 2 aromatic carbocycles. The third-order valence-corrected chi connectivity index (χ3v) is 6.11. The van der Waals surface area contributed by atoms with E-state index in [2.05, 4.69) is 20.1 Å². The number of amides is 1. The number of hydrogen-bond donors (Lipinski definition) is 1. The zero-order chi connectivity index (χ0) is 22.8. The molecule has 3 aromatic rings. The number of rotatable bonds is 6. The number of hydrogen-bond acceptors (Lipinski definition) is 6. The fourth-order valence-electron chi connectivity index (χ4n) is 4.33. The lowest BCUT2D eigenvalue weighted by molar-refractivity contribution is -0.118. The number of benzene rings is 2. The number of fused-ring (bicyclic) bond motifs is 2. The van der Waals surface area contributed by atoms with E-state index in [4.69, 9.17) is 9.47 Å². The number of anilines is 1. The molecule has 33 heavy (non-hydrogen) atoms. The summed E-state index contributed by atoms with van der Waals surface area (Å²) < 4.78 is 25.7. The second kappa shape index (κ2) is 9.33. The Bertz CT molecular complexity index is 1180. The van der Waals surface area contributed by atoms with Gasteiger partial charge in [-0.25, -0.2) is 4.39 Å². The second-order valence-electron chi connectivity index (χ2n) is 8.53. The van der Waals surface area contributed by atoms with Gasteiger partial charge in [0, 0.05) is 50.3 Å². The number of carbonyl (C=O) groups is 1. The first-order valence-corrected chi connectivity index (χ1v) is 11.2. The van der Waals surface area contributed by atoms with Crippen LogP contribution in [0.15, 0.2) is 42.5 Å². The molecule has 5 rings (SSSR count). The van der Waals surface area contributed by atoms with Gasteiger partial charge < -0.3 is 14.8 Å². The van der Waals surface area contributed by atoms with Crippen LogP contribution in [-0.4, -0.2) is 66.6 Å². The first-order chi connectivity index (χ1) is 16.0. The normalized spacial score (nSPS) is 16.8. The minimum Gasteiger partial charge on any atom is -0.488 e. The quantitative estimate of drug-likeness (QED) is 0.622. The van der Waals surface area contributed by atoms with Gasteiger partial charge in [0.25, 0.3) is 5.91 Å². The SMILES string of the molecule is Cc1ccc2c(OCCN3CCN(Cc4ccc5c(c4)NC(=O)CO5)CC3)c(F)ccc2n1. The van der Waals surface area contributed by atoms with Crippen molar-refractivity contribution in [2.24, 2.45) is 0 Å². The molecule has 1 amide bonds. The van der Waals surface area contributed by atoms with Crippen molar-refractivity contribution in [1.82, 2.24) is 14.8 Å². The van der Waals surface area contributed by atoms with Crippen molar-refractivity contribution in [1.29, 1.82) is 0 Å². The maximum atomic E-state index is 14.4.